The maximum absolute atomic E-state index is 13.0. The highest BCUT2D eigenvalue weighted by atomic mass is 32.2. The van der Waals surface area contributed by atoms with E-state index < -0.39 is 10.0 Å². The fourth-order valence-electron chi connectivity index (χ4n) is 3.20. The van der Waals surface area contributed by atoms with E-state index in [1.54, 1.807) is 37.9 Å². The Kier molecular flexibility index (Phi) is 8.22. The fourth-order valence-corrected chi connectivity index (χ4v) is 4.84. The smallest absolute Gasteiger partial charge is 0.253 e. The molecular weight excluding hydrogens is 388 g/mol. The summed E-state index contributed by atoms with van der Waals surface area (Å²) in [5.74, 6) is 0.0249. The summed E-state index contributed by atoms with van der Waals surface area (Å²) in [6, 6.07) is 14.7. The summed E-state index contributed by atoms with van der Waals surface area (Å²) in [5, 5.41) is 0. The summed E-state index contributed by atoms with van der Waals surface area (Å²) >= 11 is 0. The molecule has 0 atom stereocenters. The van der Waals surface area contributed by atoms with E-state index in [2.05, 4.69) is 12.1 Å². The summed E-state index contributed by atoms with van der Waals surface area (Å²) in [6.07, 6.45) is 1.70. The number of carbonyl (C=O) groups is 1. The third kappa shape index (κ3) is 5.58. The normalized spacial score (nSPS) is 11.5. The van der Waals surface area contributed by atoms with Gasteiger partial charge in [0.1, 0.15) is 10.6 Å². The lowest BCUT2D eigenvalue weighted by Gasteiger charge is -2.21. The van der Waals surface area contributed by atoms with Crippen LogP contribution < -0.4 is 4.74 Å². The minimum atomic E-state index is -3.74. The number of hydrogen-bond donors (Lipinski definition) is 0. The fraction of sp³-hybridized carbons (Fsp3) is 0.409. The molecule has 0 N–H and O–H groups in total. The molecule has 0 fully saturated rings. The van der Waals surface area contributed by atoms with Crippen LogP contribution in [0.15, 0.2) is 53.4 Å². The average Bonchev–Trinajstić information content (AvgIpc) is 2.74. The second-order valence-electron chi connectivity index (χ2n) is 6.77. The largest absolute Gasteiger partial charge is 0.495 e. The van der Waals surface area contributed by atoms with E-state index in [0.717, 1.165) is 12.8 Å². The van der Waals surface area contributed by atoms with Crippen LogP contribution in [0.5, 0.6) is 5.75 Å². The third-order valence-corrected chi connectivity index (χ3v) is 6.95. The van der Waals surface area contributed by atoms with E-state index in [9.17, 15) is 13.2 Å². The van der Waals surface area contributed by atoms with Gasteiger partial charge in [0.15, 0.2) is 0 Å². The Labute approximate surface area is 174 Å². The van der Waals surface area contributed by atoms with Gasteiger partial charge in [0.25, 0.3) is 5.91 Å². The number of rotatable bonds is 10. The van der Waals surface area contributed by atoms with Crippen LogP contribution in [0.4, 0.5) is 0 Å². The maximum atomic E-state index is 13.0. The number of sulfonamides is 1. The van der Waals surface area contributed by atoms with E-state index in [4.69, 9.17) is 4.74 Å². The predicted octanol–water partition coefficient (Wildman–Crippen LogP) is 3.43. The summed E-state index contributed by atoms with van der Waals surface area (Å²) in [7, 11) is -0.584. The molecule has 0 radical (unpaired) electrons. The van der Waals surface area contributed by atoms with Gasteiger partial charge in [-0.25, -0.2) is 8.42 Å². The summed E-state index contributed by atoms with van der Waals surface area (Å²) in [5.41, 5.74) is 1.56. The minimum Gasteiger partial charge on any atom is -0.495 e. The minimum absolute atomic E-state index is 0.0206. The molecule has 6 nitrogen and oxygen atoms in total. The molecule has 0 aliphatic carbocycles. The summed E-state index contributed by atoms with van der Waals surface area (Å²) in [6.45, 7) is 4.84. The highest BCUT2D eigenvalue weighted by Gasteiger charge is 2.27. The van der Waals surface area contributed by atoms with Crippen LogP contribution in [0, 0.1) is 0 Å². The van der Waals surface area contributed by atoms with Crippen molar-refractivity contribution in [2.24, 2.45) is 0 Å². The van der Waals surface area contributed by atoms with Gasteiger partial charge in [0.2, 0.25) is 10.0 Å². The first-order valence-electron chi connectivity index (χ1n) is 9.82. The molecule has 0 unspecified atom stereocenters. The zero-order chi connectivity index (χ0) is 21.4. The Hall–Kier alpha value is -2.38. The Morgan fingerprint density at radius 3 is 2.28 bits per heavy atom. The molecule has 1 amide bonds. The number of carbonyl (C=O) groups excluding carboxylic acids is 1. The van der Waals surface area contributed by atoms with Crippen molar-refractivity contribution in [3.05, 3.63) is 59.7 Å². The number of aryl methyl sites for hydroxylation is 1. The molecule has 0 saturated carbocycles. The van der Waals surface area contributed by atoms with E-state index in [1.807, 2.05) is 18.2 Å². The van der Waals surface area contributed by atoms with Crippen molar-refractivity contribution in [3.8, 4) is 5.75 Å². The average molecular weight is 419 g/mol. The molecule has 2 rings (SSSR count). The maximum Gasteiger partial charge on any atom is 0.253 e. The van der Waals surface area contributed by atoms with Crippen molar-refractivity contribution in [3.63, 3.8) is 0 Å². The van der Waals surface area contributed by atoms with Crippen molar-refractivity contribution in [2.45, 2.75) is 31.6 Å². The van der Waals surface area contributed by atoms with Crippen LogP contribution >= 0.6 is 0 Å². The molecule has 0 aliphatic heterocycles. The van der Waals surface area contributed by atoms with Gasteiger partial charge in [0, 0.05) is 32.2 Å². The number of amides is 1. The molecular formula is C22H30N2O4S. The molecule has 0 aliphatic rings. The molecule has 0 aromatic heterocycles. The second-order valence-corrected chi connectivity index (χ2v) is 8.68. The highest BCUT2D eigenvalue weighted by molar-refractivity contribution is 7.89. The number of nitrogens with zero attached hydrogens (tertiary/aromatic N) is 2. The van der Waals surface area contributed by atoms with Crippen LogP contribution in [0.25, 0.3) is 0 Å². The highest BCUT2D eigenvalue weighted by Crippen LogP contribution is 2.28. The van der Waals surface area contributed by atoms with E-state index in [-0.39, 0.29) is 16.6 Å². The Morgan fingerprint density at radius 1 is 1.03 bits per heavy atom. The van der Waals surface area contributed by atoms with Crippen molar-refractivity contribution in [1.82, 2.24) is 9.21 Å². The van der Waals surface area contributed by atoms with Gasteiger partial charge in [-0.05, 0) is 36.6 Å². The van der Waals surface area contributed by atoms with Crippen LogP contribution in [0.1, 0.15) is 36.2 Å². The quantitative estimate of drug-likeness (QED) is 0.593. The SMILES string of the molecule is CCN(CC)S(=O)(=O)c1cc(C(=O)N(C)CCCc2ccccc2)ccc1OC. The van der Waals surface area contributed by atoms with Gasteiger partial charge in [-0.1, -0.05) is 44.2 Å². The third-order valence-electron chi connectivity index (χ3n) is 4.88. The molecule has 0 heterocycles. The second kappa shape index (κ2) is 10.4. The molecule has 0 bridgehead atoms. The van der Waals surface area contributed by atoms with Gasteiger partial charge in [-0.3, -0.25) is 4.79 Å². The lowest BCUT2D eigenvalue weighted by molar-refractivity contribution is 0.0793. The van der Waals surface area contributed by atoms with E-state index in [1.165, 1.54) is 23.0 Å². The van der Waals surface area contributed by atoms with Crippen LogP contribution in [-0.4, -0.2) is 57.3 Å². The van der Waals surface area contributed by atoms with Crippen molar-refractivity contribution in [2.75, 3.05) is 33.8 Å². The molecule has 2 aromatic carbocycles. The van der Waals surface area contributed by atoms with Gasteiger partial charge in [-0.2, -0.15) is 4.31 Å². The number of hydrogen-bond acceptors (Lipinski definition) is 4. The lowest BCUT2D eigenvalue weighted by Crippen LogP contribution is -2.32. The molecule has 7 heteroatoms. The summed E-state index contributed by atoms with van der Waals surface area (Å²) in [4.78, 5) is 14.5. The van der Waals surface area contributed by atoms with Crippen LogP contribution in [-0.2, 0) is 16.4 Å². The molecule has 29 heavy (non-hydrogen) atoms. The van der Waals surface area contributed by atoms with E-state index in [0.29, 0.717) is 25.2 Å². The monoisotopic (exact) mass is 418 g/mol. The first-order chi connectivity index (χ1) is 13.8. The number of ether oxygens (including phenoxy) is 1. The number of methoxy groups -OCH3 is 1. The van der Waals surface area contributed by atoms with Crippen molar-refractivity contribution in [1.29, 1.82) is 0 Å². The van der Waals surface area contributed by atoms with Gasteiger partial charge < -0.3 is 9.64 Å². The number of benzene rings is 2. The van der Waals surface area contributed by atoms with Crippen molar-refractivity contribution < 1.29 is 17.9 Å². The standard InChI is InChI=1S/C22H30N2O4S/c1-5-24(6-2)29(26,27)21-17-19(14-15-20(21)28-4)22(25)23(3)16-10-13-18-11-8-7-9-12-18/h7-9,11-12,14-15,17H,5-6,10,13,16H2,1-4H3. The zero-order valence-corrected chi connectivity index (χ0v) is 18.4. The molecule has 158 valence electrons. The first-order valence-corrected chi connectivity index (χ1v) is 11.3. The topological polar surface area (TPSA) is 66.9 Å². The first kappa shape index (κ1) is 22.9. The van der Waals surface area contributed by atoms with Crippen molar-refractivity contribution >= 4 is 15.9 Å². The Balaban J connectivity index is 2.18. The van der Waals surface area contributed by atoms with Gasteiger partial charge in [-0.15, -0.1) is 0 Å². The summed E-state index contributed by atoms with van der Waals surface area (Å²) < 4.78 is 32.5. The van der Waals surface area contributed by atoms with Gasteiger partial charge in [0.05, 0.1) is 7.11 Å². The van der Waals surface area contributed by atoms with E-state index >= 15 is 0 Å². The lowest BCUT2D eigenvalue weighted by atomic mass is 10.1. The molecule has 0 saturated heterocycles. The van der Waals surface area contributed by atoms with Crippen LogP contribution in [0.2, 0.25) is 0 Å². The van der Waals surface area contributed by atoms with Crippen LogP contribution in [0.3, 0.4) is 0 Å². The Morgan fingerprint density at radius 2 is 1.69 bits per heavy atom. The Bertz CT molecular complexity index is 910. The van der Waals surface area contributed by atoms with Gasteiger partial charge >= 0.3 is 0 Å². The predicted molar refractivity (Wildman–Crippen MR) is 115 cm³/mol. The molecule has 0 spiro atoms. The zero-order valence-electron chi connectivity index (χ0n) is 17.6. The molecule has 2 aromatic rings.